The fourth-order valence-corrected chi connectivity index (χ4v) is 3.64. The minimum atomic E-state index is -0.494. The van der Waals surface area contributed by atoms with Gasteiger partial charge in [-0.05, 0) is 6.42 Å². The van der Waals surface area contributed by atoms with Crippen LogP contribution in [0.2, 0.25) is 0 Å². The molecule has 0 fully saturated rings. The van der Waals surface area contributed by atoms with Crippen molar-refractivity contribution in [2.75, 3.05) is 21.3 Å². The van der Waals surface area contributed by atoms with Crippen LogP contribution in [0, 0.1) is 0 Å². The van der Waals surface area contributed by atoms with E-state index in [2.05, 4.69) is 6.92 Å². The van der Waals surface area contributed by atoms with E-state index in [0.717, 1.165) is 16.7 Å². The Balaban J connectivity index is 3.47. The Morgan fingerprint density at radius 2 is 1.09 bits per heavy atom. The predicted octanol–water partition coefficient (Wildman–Crippen LogP) is 4.40. The third kappa shape index (κ3) is 11.3. The molecule has 0 saturated heterocycles. The van der Waals surface area contributed by atoms with Crippen LogP contribution < -0.4 is 0 Å². The van der Waals surface area contributed by atoms with E-state index in [0.29, 0.717) is 0 Å². The summed E-state index contributed by atoms with van der Waals surface area (Å²) < 4.78 is 16.6. The molecule has 23 heavy (non-hydrogen) atoms. The summed E-state index contributed by atoms with van der Waals surface area (Å²) in [5, 5.41) is 0. The van der Waals surface area contributed by atoms with Crippen LogP contribution in [0.5, 0.6) is 0 Å². The average Bonchev–Trinajstić information content (AvgIpc) is 2.58. The summed E-state index contributed by atoms with van der Waals surface area (Å²) in [6, 6.07) is 0. The van der Waals surface area contributed by atoms with Gasteiger partial charge in [-0.1, -0.05) is 84.0 Å². The van der Waals surface area contributed by atoms with Gasteiger partial charge in [0.05, 0.1) is 10.2 Å². The van der Waals surface area contributed by atoms with Gasteiger partial charge in [0.1, 0.15) is 6.10 Å². The summed E-state index contributed by atoms with van der Waals surface area (Å²) in [4.78, 5) is 0. The van der Waals surface area contributed by atoms with Crippen molar-refractivity contribution in [2.24, 2.45) is 0 Å². The summed E-state index contributed by atoms with van der Waals surface area (Å²) >= 11 is 0. The minimum Gasteiger partial charge on any atom is -0.376 e. The van der Waals surface area contributed by atoms with Gasteiger partial charge in [-0.3, -0.25) is 0 Å². The fraction of sp³-hybridized carbons (Fsp3) is 1.00. The molecule has 140 valence electrons. The first-order valence-corrected chi connectivity index (χ1v) is 10.8. The number of unbranched alkanes of at least 4 members (excludes halogenated alkanes) is 11. The molecule has 1 unspecified atom stereocenters. The highest BCUT2D eigenvalue weighted by Gasteiger charge is 2.33. The first-order chi connectivity index (χ1) is 11.1. The molecule has 0 aromatic rings. The third-order valence-electron chi connectivity index (χ3n) is 5.00. The van der Waals surface area contributed by atoms with Crippen LogP contribution in [0.4, 0.5) is 0 Å². The Hall–Kier alpha value is 0.0969. The molecule has 0 heterocycles. The highest BCUT2D eigenvalue weighted by molar-refractivity contribution is 6.13. The number of hydrogen-bond acceptors (Lipinski definition) is 3. The largest absolute Gasteiger partial charge is 0.376 e. The molecule has 0 spiro atoms. The maximum atomic E-state index is 5.58. The Morgan fingerprint density at radius 3 is 1.43 bits per heavy atom. The number of methoxy groups -OCH3 is 3. The summed E-state index contributed by atoms with van der Waals surface area (Å²) in [7, 11) is 6.00. The number of ether oxygens (including phenoxy) is 3. The number of hydrogen-bond donors (Lipinski definition) is 0. The second kappa shape index (κ2) is 15.6. The first kappa shape index (κ1) is 23.1. The number of rotatable bonds is 17. The lowest BCUT2D eigenvalue weighted by Crippen LogP contribution is -2.47. The van der Waals surface area contributed by atoms with Gasteiger partial charge < -0.3 is 14.2 Å². The van der Waals surface area contributed by atoms with E-state index in [1.807, 2.05) is 0 Å². The maximum absolute atomic E-state index is 5.58. The average molecular weight is 347 g/mol. The molecule has 0 aliphatic heterocycles. The van der Waals surface area contributed by atoms with E-state index in [9.17, 15) is 0 Å². The van der Waals surface area contributed by atoms with Crippen molar-refractivity contribution >= 4 is 10.2 Å². The van der Waals surface area contributed by atoms with Crippen LogP contribution in [0.25, 0.3) is 0 Å². The zero-order chi connectivity index (χ0) is 17.4. The molecule has 4 heteroatoms. The van der Waals surface area contributed by atoms with Crippen LogP contribution in [0.3, 0.4) is 0 Å². The smallest absolute Gasteiger partial charge is 0.165 e. The molecule has 0 radical (unpaired) electrons. The highest BCUT2D eigenvalue weighted by atomic mass is 28.1. The molecule has 3 nitrogen and oxygen atoms in total. The molecule has 0 aromatic heterocycles. The lowest BCUT2D eigenvalue weighted by atomic mass is 10.0. The Bertz CT molecular complexity index is 245. The zero-order valence-electron chi connectivity index (χ0n) is 16.5. The van der Waals surface area contributed by atoms with Crippen molar-refractivity contribution in [3.8, 4) is 0 Å². The quantitative estimate of drug-likeness (QED) is 0.222. The molecule has 0 aromatic carbocycles. The lowest BCUT2D eigenvalue weighted by molar-refractivity contribution is -0.209. The summed E-state index contributed by atoms with van der Waals surface area (Å²) in [6.07, 6.45) is 17.6. The molecule has 0 aliphatic carbocycles. The second-order valence-corrected chi connectivity index (χ2v) is 8.22. The van der Waals surface area contributed by atoms with E-state index in [1.165, 1.54) is 77.0 Å². The van der Waals surface area contributed by atoms with Crippen LogP contribution in [0.15, 0.2) is 0 Å². The molecule has 0 rings (SSSR count). The van der Waals surface area contributed by atoms with Gasteiger partial charge in [0.25, 0.3) is 0 Å². The molecule has 0 aliphatic rings. The monoisotopic (exact) mass is 346 g/mol. The van der Waals surface area contributed by atoms with Crippen molar-refractivity contribution in [2.45, 2.75) is 102 Å². The Morgan fingerprint density at radius 1 is 0.696 bits per heavy atom. The van der Waals surface area contributed by atoms with Crippen molar-refractivity contribution in [3.63, 3.8) is 0 Å². The molecule has 0 bridgehead atoms. The molecule has 1 atom stereocenters. The molecular weight excluding hydrogens is 304 g/mol. The van der Waals surface area contributed by atoms with Crippen LogP contribution in [-0.4, -0.2) is 43.1 Å². The zero-order valence-corrected chi connectivity index (χ0v) is 18.5. The highest BCUT2D eigenvalue weighted by Crippen LogP contribution is 2.21. The minimum absolute atomic E-state index is 0.0623. The van der Waals surface area contributed by atoms with Crippen LogP contribution >= 0.6 is 0 Å². The predicted molar refractivity (Wildman–Crippen MR) is 103 cm³/mol. The van der Waals surface area contributed by atoms with Gasteiger partial charge >= 0.3 is 0 Å². The topological polar surface area (TPSA) is 27.7 Å². The Labute approximate surface area is 148 Å². The van der Waals surface area contributed by atoms with Gasteiger partial charge in [-0.2, -0.15) is 0 Å². The molecule has 0 N–H and O–H groups in total. The summed E-state index contributed by atoms with van der Waals surface area (Å²) in [6.45, 7) is 2.28. The van der Waals surface area contributed by atoms with Crippen LogP contribution in [-0.2, 0) is 14.2 Å². The molecule has 0 saturated carbocycles. The lowest BCUT2D eigenvalue weighted by Gasteiger charge is -2.34. The summed E-state index contributed by atoms with van der Waals surface area (Å²) in [5.41, 5.74) is -0.494. The summed E-state index contributed by atoms with van der Waals surface area (Å²) in [5.74, 6) is 0. The third-order valence-corrected chi connectivity index (χ3v) is 6.46. The SMILES string of the molecule is CCCCCCCCCCCCCCC(OC)C([SiH3])(OC)OC. The van der Waals surface area contributed by atoms with Crippen molar-refractivity contribution in [3.05, 3.63) is 0 Å². The maximum Gasteiger partial charge on any atom is 0.165 e. The van der Waals surface area contributed by atoms with Crippen molar-refractivity contribution in [1.29, 1.82) is 0 Å². The van der Waals surface area contributed by atoms with Gasteiger partial charge in [0.15, 0.2) is 5.41 Å². The van der Waals surface area contributed by atoms with Crippen molar-refractivity contribution < 1.29 is 14.2 Å². The van der Waals surface area contributed by atoms with Gasteiger partial charge in [0.2, 0.25) is 0 Å². The van der Waals surface area contributed by atoms with Gasteiger partial charge in [-0.25, -0.2) is 0 Å². The second-order valence-electron chi connectivity index (χ2n) is 6.83. The standard InChI is InChI=1S/C19H42O3Si/c1-5-6-7-8-9-10-11-12-13-14-15-16-17-18(20-2)19(23,21-3)22-4/h18H,5-17H2,1-4,23H3. The van der Waals surface area contributed by atoms with E-state index >= 15 is 0 Å². The Kier molecular flexibility index (Phi) is 15.7. The molecular formula is C19H42O3Si. The van der Waals surface area contributed by atoms with Gasteiger partial charge in [-0.15, -0.1) is 0 Å². The van der Waals surface area contributed by atoms with Crippen LogP contribution in [0.1, 0.15) is 90.4 Å². The fourth-order valence-electron chi connectivity index (χ4n) is 3.11. The normalized spacial score (nSPS) is 13.6. The van der Waals surface area contributed by atoms with Crippen molar-refractivity contribution in [1.82, 2.24) is 0 Å². The van der Waals surface area contributed by atoms with Gasteiger partial charge in [0, 0.05) is 21.3 Å². The first-order valence-electron chi connectivity index (χ1n) is 9.77. The molecule has 0 amide bonds. The van der Waals surface area contributed by atoms with E-state index in [1.54, 1.807) is 21.3 Å². The van der Waals surface area contributed by atoms with E-state index in [4.69, 9.17) is 14.2 Å². The van der Waals surface area contributed by atoms with E-state index < -0.39 is 5.41 Å². The van der Waals surface area contributed by atoms with E-state index in [-0.39, 0.29) is 6.10 Å².